The summed E-state index contributed by atoms with van der Waals surface area (Å²) in [6, 6.07) is 4.09. The van der Waals surface area contributed by atoms with Gasteiger partial charge in [-0.1, -0.05) is 0 Å². The molecule has 0 unspecified atom stereocenters. The number of H-pyrrole nitrogens is 2. The Morgan fingerprint density at radius 1 is 1.10 bits per heavy atom. The van der Waals surface area contributed by atoms with Gasteiger partial charge in [-0.05, 0) is 18.2 Å². The third kappa shape index (κ3) is 3.46. The molecule has 10 heteroatoms. The van der Waals surface area contributed by atoms with Crippen molar-refractivity contribution in [2.24, 2.45) is 0 Å². The first-order valence-corrected chi connectivity index (χ1v) is 9.11. The topological polar surface area (TPSA) is 129 Å². The fourth-order valence-electron chi connectivity index (χ4n) is 1.62. The summed E-state index contributed by atoms with van der Waals surface area (Å²) in [5.74, 6) is -0.282. The number of nitrogens with one attached hydrogen (secondary N) is 3. The molecule has 0 saturated carbocycles. The molecular formula is C10H13N3O5S2. The molecule has 0 aliphatic rings. The zero-order valence-electron chi connectivity index (χ0n) is 10.5. The number of sulfonamides is 1. The van der Waals surface area contributed by atoms with Crippen molar-refractivity contribution in [3.05, 3.63) is 28.7 Å². The van der Waals surface area contributed by atoms with Gasteiger partial charge >= 0.3 is 5.69 Å². The molecule has 0 radical (unpaired) electrons. The molecule has 0 aliphatic heterocycles. The first-order chi connectivity index (χ1) is 9.17. The Labute approximate surface area is 115 Å². The second kappa shape index (κ2) is 5.04. The molecule has 0 bridgehead atoms. The number of benzene rings is 1. The summed E-state index contributed by atoms with van der Waals surface area (Å²) in [7, 11) is -7.05. The molecule has 3 N–H and O–H groups in total. The largest absolute Gasteiger partial charge is 0.323 e. The van der Waals surface area contributed by atoms with E-state index >= 15 is 0 Å². The van der Waals surface area contributed by atoms with Gasteiger partial charge in [0.05, 0.1) is 21.7 Å². The predicted molar refractivity (Wildman–Crippen MR) is 73.8 cm³/mol. The SMILES string of the molecule is CS(=O)(=O)CCNS(=O)(=O)c1ccc2[nH]c(=O)[nH]c2c1. The van der Waals surface area contributed by atoms with Crippen LogP contribution in [0.5, 0.6) is 0 Å². The van der Waals surface area contributed by atoms with Gasteiger partial charge in [-0.15, -0.1) is 0 Å². The fraction of sp³-hybridized carbons (Fsp3) is 0.300. The summed E-state index contributed by atoms with van der Waals surface area (Å²) < 4.78 is 48.0. The number of fused-ring (bicyclic) bond motifs is 1. The van der Waals surface area contributed by atoms with Crippen molar-refractivity contribution in [2.45, 2.75) is 4.90 Å². The summed E-state index contributed by atoms with van der Waals surface area (Å²) in [5, 5.41) is 0. The molecule has 1 aromatic carbocycles. The molecule has 0 fully saturated rings. The normalized spacial score (nSPS) is 12.8. The molecule has 20 heavy (non-hydrogen) atoms. The average molecular weight is 319 g/mol. The van der Waals surface area contributed by atoms with Crippen LogP contribution in [0.25, 0.3) is 11.0 Å². The van der Waals surface area contributed by atoms with Crippen molar-refractivity contribution in [1.29, 1.82) is 0 Å². The highest BCUT2D eigenvalue weighted by Crippen LogP contribution is 2.14. The molecule has 0 atom stereocenters. The highest BCUT2D eigenvalue weighted by molar-refractivity contribution is 7.91. The lowest BCUT2D eigenvalue weighted by Gasteiger charge is -2.06. The van der Waals surface area contributed by atoms with Gasteiger partial charge < -0.3 is 9.97 Å². The lowest BCUT2D eigenvalue weighted by molar-refractivity contribution is 0.582. The van der Waals surface area contributed by atoms with E-state index in [2.05, 4.69) is 14.7 Å². The number of hydrogen-bond donors (Lipinski definition) is 3. The summed E-state index contributed by atoms with van der Waals surface area (Å²) >= 11 is 0. The Morgan fingerprint density at radius 2 is 1.75 bits per heavy atom. The van der Waals surface area contributed by atoms with E-state index in [-0.39, 0.29) is 17.2 Å². The lowest BCUT2D eigenvalue weighted by Crippen LogP contribution is -2.28. The summed E-state index contributed by atoms with van der Waals surface area (Å²) in [6.07, 6.45) is 1.03. The van der Waals surface area contributed by atoms with Gasteiger partial charge in [0.1, 0.15) is 9.84 Å². The minimum absolute atomic E-state index is 0.0475. The number of imidazole rings is 1. The van der Waals surface area contributed by atoms with Crippen molar-refractivity contribution in [1.82, 2.24) is 14.7 Å². The number of aromatic nitrogens is 2. The van der Waals surface area contributed by atoms with Crippen LogP contribution in [0.15, 0.2) is 27.9 Å². The Hall–Kier alpha value is -1.65. The van der Waals surface area contributed by atoms with Crippen molar-refractivity contribution >= 4 is 30.9 Å². The average Bonchev–Trinajstić information content (AvgIpc) is 2.65. The van der Waals surface area contributed by atoms with Crippen LogP contribution in [0.2, 0.25) is 0 Å². The van der Waals surface area contributed by atoms with E-state index in [1.54, 1.807) is 0 Å². The maximum absolute atomic E-state index is 12.0. The van der Waals surface area contributed by atoms with E-state index in [0.29, 0.717) is 11.0 Å². The maximum Gasteiger partial charge on any atom is 0.323 e. The number of sulfone groups is 1. The van der Waals surface area contributed by atoms with Crippen LogP contribution in [-0.2, 0) is 19.9 Å². The third-order valence-corrected chi connectivity index (χ3v) is 4.97. The van der Waals surface area contributed by atoms with Crippen molar-refractivity contribution in [2.75, 3.05) is 18.6 Å². The Balaban J connectivity index is 2.25. The Kier molecular flexibility index (Phi) is 3.71. The van der Waals surface area contributed by atoms with Crippen LogP contribution < -0.4 is 10.4 Å². The van der Waals surface area contributed by atoms with E-state index in [4.69, 9.17) is 0 Å². The number of aromatic amines is 2. The zero-order chi connectivity index (χ0) is 15.0. The number of hydrogen-bond acceptors (Lipinski definition) is 5. The van der Waals surface area contributed by atoms with E-state index in [9.17, 15) is 21.6 Å². The quantitative estimate of drug-likeness (QED) is 0.663. The third-order valence-electron chi connectivity index (χ3n) is 2.56. The van der Waals surface area contributed by atoms with Crippen LogP contribution in [-0.4, -0.2) is 45.4 Å². The summed E-state index contributed by atoms with van der Waals surface area (Å²) in [4.78, 5) is 16.0. The van der Waals surface area contributed by atoms with Crippen LogP contribution >= 0.6 is 0 Å². The van der Waals surface area contributed by atoms with Crippen LogP contribution in [0, 0.1) is 0 Å². The fourth-order valence-corrected chi connectivity index (χ4v) is 3.28. The van der Waals surface area contributed by atoms with Gasteiger partial charge in [-0.25, -0.2) is 26.4 Å². The van der Waals surface area contributed by atoms with E-state index in [1.807, 2.05) is 0 Å². The molecule has 0 aliphatic carbocycles. The van der Waals surface area contributed by atoms with Crippen molar-refractivity contribution in [3.8, 4) is 0 Å². The first-order valence-electron chi connectivity index (χ1n) is 5.57. The Morgan fingerprint density at radius 3 is 2.40 bits per heavy atom. The van der Waals surface area contributed by atoms with Gasteiger partial charge in [0.15, 0.2) is 0 Å². The van der Waals surface area contributed by atoms with Crippen molar-refractivity contribution in [3.63, 3.8) is 0 Å². The van der Waals surface area contributed by atoms with Crippen molar-refractivity contribution < 1.29 is 16.8 Å². The molecule has 2 aromatic rings. The van der Waals surface area contributed by atoms with Gasteiger partial charge in [0, 0.05) is 12.8 Å². The van der Waals surface area contributed by atoms with E-state index < -0.39 is 25.6 Å². The van der Waals surface area contributed by atoms with Gasteiger partial charge in [-0.3, -0.25) is 0 Å². The van der Waals surface area contributed by atoms with Gasteiger partial charge in [0.2, 0.25) is 10.0 Å². The van der Waals surface area contributed by atoms with Crippen LogP contribution in [0.3, 0.4) is 0 Å². The van der Waals surface area contributed by atoms with Crippen LogP contribution in [0.4, 0.5) is 0 Å². The standard InChI is InChI=1S/C10H13N3O5S2/c1-19(15,16)5-4-11-20(17,18)7-2-3-8-9(6-7)13-10(14)12-8/h2-3,6,11H,4-5H2,1H3,(H2,12,13,14). The molecule has 1 aromatic heterocycles. The minimum atomic E-state index is -3.82. The second-order valence-electron chi connectivity index (χ2n) is 4.31. The molecule has 0 saturated heterocycles. The number of rotatable bonds is 5. The molecule has 0 spiro atoms. The maximum atomic E-state index is 12.0. The van der Waals surface area contributed by atoms with E-state index in [0.717, 1.165) is 6.26 Å². The first kappa shape index (κ1) is 14.8. The van der Waals surface area contributed by atoms with Gasteiger partial charge in [0.25, 0.3) is 0 Å². The molecular weight excluding hydrogens is 306 g/mol. The molecule has 2 rings (SSSR count). The van der Waals surface area contributed by atoms with E-state index in [1.165, 1.54) is 18.2 Å². The highest BCUT2D eigenvalue weighted by atomic mass is 32.2. The second-order valence-corrected chi connectivity index (χ2v) is 8.34. The van der Waals surface area contributed by atoms with Crippen LogP contribution in [0.1, 0.15) is 0 Å². The summed E-state index contributed by atoms with van der Waals surface area (Å²) in [5.41, 5.74) is 0.422. The lowest BCUT2D eigenvalue weighted by atomic mass is 10.3. The van der Waals surface area contributed by atoms with Gasteiger partial charge in [-0.2, -0.15) is 0 Å². The monoisotopic (exact) mass is 319 g/mol. The Bertz CT molecular complexity index is 892. The molecule has 0 amide bonds. The zero-order valence-corrected chi connectivity index (χ0v) is 12.1. The predicted octanol–water partition coefficient (Wildman–Crippen LogP) is -0.821. The molecule has 8 nitrogen and oxygen atoms in total. The smallest absolute Gasteiger partial charge is 0.306 e. The minimum Gasteiger partial charge on any atom is -0.306 e. The highest BCUT2D eigenvalue weighted by Gasteiger charge is 2.15. The molecule has 110 valence electrons. The molecule has 1 heterocycles. The summed E-state index contributed by atoms with van der Waals surface area (Å²) in [6.45, 7) is -0.205.